The van der Waals surface area contributed by atoms with Crippen molar-refractivity contribution in [2.24, 2.45) is 5.92 Å². The van der Waals surface area contributed by atoms with Crippen LogP contribution in [0.25, 0.3) is 10.9 Å². The topological polar surface area (TPSA) is 64.2 Å². The fourth-order valence-corrected chi connectivity index (χ4v) is 4.36. The van der Waals surface area contributed by atoms with E-state index in [1.165, 1.54) is 38.5 Å². The molecule has 0 unspecified atom stereocenters. The Bertz CT molecular complexity index is 724. The summed E-state index contributed by atoms with van der Waals surface area (Å²) in [5.41, 5.74) is 0.991. The van der Waals surface area contributed by atoms with Crippen LogP contribution in [0.5, 0.6) is 0 Å². The molecule has 1 aromatic carbocycles. The highest BCUT2D eigenvalue weighted by Gasteiger charge is 2.33. The summed E-state index contributed by atoms with van der Waals surface area (Å²) in [7, 11) is 0. The molecule has 1 aromatic heterocycles. The van der Waals surface area contributed by atoms with Crippen molar-refractivity contribution in [3.63, 3.8) is 0 Å². The van der Waals surface area contributed by atoms with Gasteiger partial charge in [-0.1, -0.05) is 12.8 Å². The third kappa shape index (κ3) is 2.72. The number of nitro groups is 1. The summed E-state index contributed by atoms with van der Waals surface area (Å²) in [5.74, 6) is 0.827. The molecule has 4 rings (SSSR count). The number of nitro benzene ring substituents is 1. The fourth-order valence-electron chi connectivity index (χ4n) is 4.36. The van der Waals surface area contributed by atoms with E-state index in [1.807, 2.05) is 4.68 Å². The van der Waals surface area contributed by atoms with Crippen molar-refractivity contribution in [1.29, 1.82) is 0 Å². The minimum absolute atomic E-state index is 0.133. The minimum atomic E-state index is -0.338. The quantitative estimate of drug-likeness (QED) is 0.642. The zero-order chi connectivity index (χ0) is 15.8. The van der Waals surface area contributed by atoms with Crippen LogP contribution in [0.1, 0.15) is 38.5 Å². The number of piperidine rings is 1. The molecule has 0 bridgehead atoms. The van der Waals surface area contributed by atoms with Crippen LogP contribution >= 0.6 is 0 Å². The van der Waals surface area contributed by atoms with Gasteiger partial charge in [0.15, 0.2) is 0 Å². The van der Waals surface area contributed by atoms with Gasteiger partial charge in [-0.2, -0.15) is 5.10 Å². The summed E-state index contributed by atoms with van der Waals surface area (Å²) >= 11 is 0. The molecular weight excluding hydrogens is 292 g/mol. The lowest BCUT2D eigenvalue weighted by Crippen LogP contribution is -2.47. The Morgan fingerprint density at radius 3 is 2.91 bits per heavy atom. The molecule has 6 heteroatoms. The second-order valence-electron chi connectivity index (χ2n) is 6.85. The van der Waals surface area contributed by atoms with Crippen LogP contribution in [0.3, 0.4) is 0 Å². The fraction of sp³-hybridized carbons (Fsp3) is 0.588. The number of benzene rings is 1. The van der Waals surface area contributed by atoms with Crippen LogP contribution in [-0.2, 0) is 6.67 Å². The summed E-state index contributed by atoms with van der Waals surface area (Å²) in [4.78, 5) is 13.2. The summed E-state index contributed by atoms with van der Waals surface area (Å²) in [6.07, 6.45) is 9.74. The maximum atomic E-state index is 11.0. The summed E-state index contributed by atoms with van der Waals surface area (Å²) in [6.45, 7) is 1.85. The molecule has 1 aliphatic heterocycles. The molecule has 1 saturated carbocycles. The van der Waals surface area contributed by atoms with E-state index in [-0.39, 0.29) is 10.6 Å². The van der Waals surface area contributed by atoms with Crippen molar-refractivity contribution in [2.45, 2.75) is 51.2 Å². The van der Waals surface area contributed by atoms with E-state index in [9.17, 15) is 10.1 Å². The van der Waals surface area contributed by atoms with Crippen LogP contribution in [0.4, 0.5) is 5.69 Å². The van der Waals surface area contributed by atoms with Gasteiger partial charge >= 0.3 is 0 Å². The Balaban J connectivity index is 1.61. The van der Waals surface area contributed by atoms with Gasteiger partial charge in [-0.15, -0.1) is 0 Å². The lowest BCUT2D eigenvalue weighted by atomic mass is 9.78. The van der Waals surface area contributed by atoms with Gasteiger partial charge in [-0.05, 0) is 37.7 Å². The molecule has 122 valence electrons. The molecule has 2 aromatic rings. The van der Waals surface area contributed by atoms with E-state index in [4.69, 9.17) is 0 Å². The van der Waals surface area contributed by atoms with Gasteiger partial charge in [0.05, 0.1) is 23.3 Å². The number of non-ortho nitro benzene ring substituents is 1. The molecule has 0 radical (unpaired) electrons. The van der Waals surface area contributed by atoms with Crippen molar-refractivity contribution in [3.8, 4) is 0 Å². The predicted molar refractivity (Wildman–Crippen MR) is 88.1 cm³/mol. The molecule has 2 heterocycles. The highest BCUT2D eigenvalue weighted by Crippen LogP contribution is 2.35. The van der Waals surface area contributed by atoms with Crippen molar-refractivity contribution in [1.82, 2.24) is 14.7 Å². The first-order chi connectivity index (χ1) is 11.2. The molecule has 6 nitrogen and oxygen atoms in total. The molecular formula is C17H22N4O2. The number of likely N-dealkylation sites (tertiary alicyclic amines) is 1. The lowest BCUT2D eigenvalue weighted by molar-refractivity contribution is -0.384. The predicted octanol–water partition coefficient (Wildman–Crippen LogP) is 3.56. The van der Waals surface area contributed by atoms with E-state index >= 15 is 0 Å². The van der Waals surface area contributed by atoms with Gasteiger partial charge in [0, 0.05) is 30.1 Å². The first-order valence-electron chi connectivity index (χ1n) is 8.56. The monoisotopic (exact) mass is 314 g/mol. The number of hydrogen-bond acceptors (Lipinski definition) is 4. The maximum absolute atomic E-state index is 11.0. The van der Waals surface area contributed by atoms with E-state index in [0.29, 0.717) is 6.04 Å². The van der Waals surface area contributed by atoms with E-state index < -0.39 is 0 Å². The standard InChI is InChI=1S/C17H22N4O2/c22-21(23)15-8-7-14-11-18-20(17(14)10-15)12-19-9-3-5-13-4-1-2-6-16(13)19/h7-8,10-11,13,16H,1-6,9,12H2/t13-,16+/m1/s1. The largest absolute Gasteiger partial charge is 0.281 e. The molecule has 2 aliphatic rings. The Kier molecular flexibility index (Phi) is 3.77. The second-order valence-corrected chi connectivity index (χ2v) is 6.85. The Morgan fingerprint density at radius 2 is 2.04 bits per heavy atom. The maximum Gasteiger partial charge on any atom is 0.271 e. The average molecular weight is 314 g/mol. The first kappa shape index (κ1) is 14.6. The minimum Gasteiger partial charge on any atom is -0.281 e. The smallest absolute Gasteiger partial charge is 0.271 e. The van der Waals surface area contributed by atoms with Crippen LogP contribution in [-0.4, -0.2) is 32.2 Å². The van der Waals surface area contributed by atoms with Crippen LogP contribution < -0.4 is 0 Å². The molecule has 0 N–H and O–H groups in total. The number of hydrogen-bond donors (Lipinski definition) is 0. The third-order valence-electron chi connectivity index (χ3n) is 5.51. The van der Waals surface area contributed by atoms with Crippen molar-refractivity contribution < 1.29 is 4.92 Å². The Labute approximate surface area is 135 Å². The molecule has 1 aliphatic carbocycles. The normalized spacial score (nSPS) is 25.4. The number of fused-ring (bicyclic) bond motifs is 2. The van der Waals surface area contributed by atoms with Crippen LogP contribution in [0, 0.1) is 16.0 Å². The van der Waals surface area contributed by atoms with Crippen LogP contribution in [0.2, 0.25) is 0 Å². The average Bonchev–Trinajstić information content (AvgIpc) is 2.97. The van der Waals surface area contributed by atoms with E-state index in [1.54, 1.807) is 24.4 Å². The highest BCUT2D eigenvalue weighted by molar-refractivity contribution is 5.80. The van der Waals surface area contributed by atoms with Gasteiger partial charge in [-0.25, -0.2) is 0 Å². The van der Waals surface area contributed by atoms with Crippen molar-refractivity contribution in [2.75, 3.05) is 6.54 Å². The van der Waals surface area contributed by atoms with Gasteiger partial charge in [0.2, 0.25) is 0 Å². The Hall–Kier alpha value is -1.95. The molecule has 0 amide bonds. The summed E-state index contributed by atoms with van der Waals surface area (Å²) < 4.78 is 1.93. The van der Waals surface area contributed by atoms with Crippen molar-refractivity contribution in [3.05, 3.63) is 34.5 Å². The third-order valence-corrected chi connectivity index (χ3v) is 5.51. The molecule has 2 fully saturated rings. The van der Waals surface area contributed by atoms with Gasteiger partial charge < -0.3 is 0 Å². The Morgan fingerprint density at radius 1 is 1.22 bits per heavy atom. The van der Waals surface area contributed by atoms with E-state index in [2.05, 4.69) is 10.00 Å². The summed E-state index contributed by atoms with van der Waals surface area (Å²) in [5, 5.41) is 16.5. The second kappa shape index (κ2) is 5.92. The molecule has 0 spiro atoms. The van der Waals surface area contributed by atoms with Crippen LogP contribution in [0.15, 0.2) is 24.4 Å². The highest BCUT2D eigenvalue weighted by atomic mass is 16.6. The number of nitrogens with zero attached hydrogens (tertiary/aromatic N) is 4. The summed E-state index contributed by atoms with van der Waals surface area (Å²) in [6, 6.07) is 5.64. The van der Waals surface area contributed by atoms with Crippen molar-refractivity contribution >= 4 is 16.6 Å². The van der Waals surface area contributed by atoms with Gasteiger partial charge in [0.1, 0.15) is 0 Å². The van der Waals surface area contributed by atoms with Gasteiger partial charge in [-0.3, -0.25) is 19.7 Å². The molecule has 1 saturated heterocycles. The first-order valence-corrected chi connectivity index (χ1v) is 8.56. The lowest BCUT2D eigenvalue weighted by Gasteiger charge is -2.44. The zero-order valence-corrected chi connectivity index (χ0v) is 13.2. The number of aromatic nitrogens is 2. The SMILES string of the molecule is O=[N+]([O-])c1ccc2cnn(CN3CCC[C@H]4CCCC[C@@H]43)c2c1. The van der Waals surface area contributed by atoms with Gasteiger partial charge in [0.25, 0.3) is 5.69 Å². The molecule has 23 heavy (non-hydrogen) atoms. The molecule has 2 atom stereocenters. The number of rotatable bonds is 3. The zero-order valence-electron chi connectivity index (χ0n) is 13.2. The van der Waals surface area contributed by atoms with E-state index in [0.717, 1.165) is 30.0 Å².